The van der Waals surface area contributed by atoms with Gasteiger partial charge in [-0.25, -0.2) is 4.98 Å². The van der Waals surface area contributed by atoms with Crippen LogP contribution in [-0.4, -0.2) is 14.5 Å². The monoisotopic (exact) mass is 303 g/mol. The molecule has 0 saturated carbocycles. The van der Waals surface area contributed by atoms with Crippen molar-refractivity contribution < 1.29 is 0 Å². The fraction of sp³-hybridized carbons (Fsp3) is 0.214. The Hall–Kier alpha value is -1.55. The number of nitrogens with one attached hydrogen (secondary N) is 1. The van der Waals surface area contributed by atoms with Gasteiger partial charge in [-0.15, -0.1) is 0 Å². The molecule has 2 heterocycles. The highest BCUT2D eigenvalue weighted by Crippen LogP contribution is 2.36. The van der Waals surface area contributed by atoms with Gasteiger partial charge in [-0.05, 0) is 35.8 Å². The van der Waals surface area contributed by atoms with Crippen molar-refractivity contribution in [3.8, 4) is 11.3 Å². The Morgan fingerprint density at radius 2 is 1.94 bits per heavy atom. The van der Waals surface area contributed by atoms with E-state index in [-0.39, 0.29) is 0 Å². The quantitative estimate of drug-likeness (QED) is 0.725. The van der Waals surface area contributed by atoms with E-state index in [1.54, 1.807) is 0 Å². The molecule has 0 aliphatic heterocycles. The van der Waals surface area contributed by atoms with Crippen molar-refractivity contribution in [1.29, 1.82) is 0 Å². The number of aromatic nitrogens is 3. The molecule has 0 bridgehead atoms. The third-order valence-corrected chi connectivity index (χ3v) is 3.96. The second-order valence-corrected chi connectivity index (χ2v) is 5.28. The first-order valence-corrected chi connectivity index (χ1v) is 6.65. The summed E-state index contributed by atoms with van der Waals surface area (Å²) in [6.45, 7) is 4.11. The molecule has 0 aliphatic rings. The van der Waals surface area contributed by atoms with Crippen LogP contribution < -0.4 is 0 Å². The number of aryl methyl sites for hydroxylation is 2. The van der Waals surface area contributed by atoms with Crippen molar-refractivity contribution in [2.45, 2.75) is 13.8 Å². The van der Waals surface area contributed by atoms with Gasteiger partial charge in [-0.1, -0.05) is 18.2 Å². The van der Waals surface area contributed by atoms with Crippen LogP contribution in [-0.2, 0) is 7.05 Å². The first-order valence-electron chi connectivity index (χ1n) is 5.86. The molecule has 0 aliphatic carbocycles. The zero-order valence-electron chi connectivity index (χ0n) is 10.6. The lowest BCUT2D eigenvalue weighted by Crippen LogP contribution is -1.95. The van der Waals surface area contributed by atoms with Gasteiger partial charge in [0.25, 0.3) is 0 Å². The van der Waals surface area contributed by atoms with Crippen LogP contribution in [0, 0.1) is 13.8 Å². The largest absolute Gasteiger partial charge is 0.358 e. The Kier molecular flexibility index (Phi) is 2.55. The Bertz CT molecular complexity index is 737. The Morgan fingerprint density at radius 1 is 1.22 bits per heavy atom. The number of aromatic amines is 1. The maximum absolute atomic E-state index is 4.48. The molecule has 0 saturated heterocycles. The van der Waals surface area contributed by atoms with Gasteiger partial charge in [0.15, 0.2) is 0 Å². The van der Waals surface area contributed by atoms with E-state index < -0.39 is 0 Å². The van der Waals surface area contributed by atoms with Crippen LogP contribution >= 0.6 is 15.9 Å². The normalized spacial score (nSPS) is 11.3. The molecule has 3 nitrogen and oxygen atoms in total. The highest BCUT2D eigenvalue weighted by Gasteiger charge is 2.18. The highest BCUT2D eigenvalue weighted by molar-refractivity contribution is 9.10. The molecule has 1 N–H and O–H groups in total. The molecule has 1 aromatic carbocycles. The minimum absolute atomic E-state index is 0.898. The van der Waals surface area contributed by atoms with E-state index in [0.717, 1.165) is 21.6 Å². The van der Waals surface area contributed by atoms with Crippen molar-refractivity contribution >= 4 is 26.8 Å². The first-order chi connectivity index (χ1) is 8.59. The summed E-state index contributed by atoms with van der Waals surface area (Å²) >= 11 is 3.56. The predicted octanol–water partition coefficient (Wildman–Crippen LogP) is 3.95. The minimum atomic E-state index is 0.898. The Morgan fingerprint density at radius 3 is 2.61 bits per heavy atom. The van der Waals surface area contributed by atoms with Gasteiger partial charge < -0.3 is 9.55 Å². The summed E-state index contributed by atoms with van der Waals surface area (Å²) in [6.07, 6.45) is 0. The number of benzene rings is 1. The summed E-state index contributed by atoms with van der Waals surface area (Å²) in [7, 11) is 2.05. The molecule has 0 radical (unpaired) electrons. The van der Waals surface area contributed by atoms with Gasteiger partial charge in [0.2, 0.25) is 0 Å². The van der Waals surface area contributed by atoms with Crippen molar-refractivity contribution in [2.75, 3.05) is 0 Å². The van der Waals surface area contributed by atoms with Crippen LogP contribution in [0.1, 0.15) is 11.5 Å². The van der Waals surface area contributed by atoms with Crippen molar-refractivity contribution in [1.82, 2.24) is 14.5 Å². The number of para-hydroxylation sites is 1. The number of H-pyrrole nitrogens is 1. The fourth-order valence-corrected chi connectivity index (χ4v) is 3.14. The summed E-state index contributed by atoms with van der Waals surface area (Å²) in [5, 5.41) is 1.23. The molecule has 0 atom stereocenters. The summed E-state index contributed by atoms with van der Waals surface area (Å²) in [5.74, 6) is 1.00. The second kappa shape index (κ2) is 3.99. The SMILES string of the molecule is Cc1[nH]c2ccccc2c1-c1c(Br)nc(C)n1C. The topological polar surface area (TPSA) is 33.6 Å². The number of nitrogens with zero attached hydrogens (tertiary/aromatic N) is 2. The zero-order chi connectivity index (χ0) is 12.9. The maximum Gasteiger partial charge on any atom is 0.132 e. The van der Waals surface area contributed by atoms with E-state index in [1.807, 2.05) is 20.0 Å². The molecule has 3 aromatic rings. The van der Waals surface area contributed by atoms with Crippen LogP contribution in [0.4, 0.5) is 0 Å². The van der Waals surface area contributed by atoms with Gasteiger partial charge in [0.05, 0.1) is 5.69 Å². The number of hydrogen-bond donors (Lipinski definition) is 1. The van der Waals surface area contributed by atoms with Crippen molar-refractivity contribution in [2.24, 2.45) is 7.05 Å². The van der Waals surface area contributed by atoms with Crippen LogP contribution in [0.5, 0.6) is 0 Å². The van der Waals surface area contributed by atoms with E-state index in [1.165, 1.54) is 16.6 Å². The van der Waals surface area contributed by atoms with Crippen LogP contribution in [0.3, 0.4) is 0 Å². The molecule has 2 aromatic heterocycles. The highest BCUT2D eigenvalue weighted by atomic mass is 79.9. The van der Waals surface area contributed by atoms with E-state index in [4.69, 9.17) is 0 Å². The molecule has 0 amide bonds. The zero-order valence-corrected chi connectivity index (χ0v) is 12.2. The van der Waals surface area contributed by atoms with Crippen molar-refractivity contribution in [3.05, 3.63) is 40.4 Å². The van der Waals surface area contributed by atoms with E-state index in [2.05, 4.69) is 55.6 Å². The van der Waals surface area contributed by atoms with E-state index in [9.17, 15) is 0 Å². The second-order valence-electron chi connectivity index (χ2n) is 4.53. The summed E-state index contributed by atoms with van der Waals surface area (Å²) < 4.78 is 3.02. The Labute approximate surface area is 114 Å². The molecule has 4 heteroatoms. The first kappa shape index (κ1) is 11.5. The Balaban J connectivity index is 2.41. The number of hydrogen-bond acceptors (Lipinski definition) is 1. The molecule has 3 rings (SSSR count). The molecule has 92 valence electrons. The van der Waals surface area contributed by atoms with Gasteiger partial charge in [0, 0.05) is 29.2 Å². The number of imidazole rings is 1. The van der Waals surface area contributed by atoms with Crippen molar-refractivity contribution in [3.63, 3.8) is 0 Å². The molecular formula is C14H14BrN3. The third kappa shape index (κ3) is 1.52. The number of rotatable bonds is 1. The van der Waals surface area contributed by atoms with E-state index in [0.29, 0.717) is 0 Å². The fourth-order valence-electron chi connectivity index (χ4n) is 2.42. The average molecular weight is 304 g/mol. The lowest BCUT2D eigenvalue weighted by molar-refractivity contribution is 0.865. The van der Waals surface area contributed by atoms with Crippen LogP contribution in [0.15, 0.2) is 28.9 Å². The van der Waals surface area contributed by atoms with Gasteiger partial charge in [-0.3, -0.25) is 0 Å². The smallest absolute Gasteiger partial charge is 0.132 e. The molecule has 0 fully saturated rings. The molecule has 18 heavy (non-hydrogen) atoms. The van der Waals surface area contributed by atoms with Crippen LogP contribution in [0.25, 0.3) is 22.2 Å². The standard InChI is InChI=1S/C14H14BrN3/c1-8-12(10-6-4-5-7-11(10)16-8)13-14(15)17-9(2)18(13)3/h4-7,16H,1-3H3. The molecule has 0 spiro atoms. The van der Waals surface area contributed by atoms with Gasteiger partial charge >= 0.3 is 0 Å². The molecule has 0 unspecified atom stereocenters. The summed E-state index contributed by atoms with van der Waals surface area (Å²) in [6, 6.07) is 8.35. The van der Waals surface area contributed by atoms with Crippen LogP contribution in [0.2, 0.25) is 0 Å². The number of fused-ring (bicyclic) bond motifs is 1. The lowest BCUT2D eigenvalue weighted by atomic mass is 10.1. The third-order valence-electron chi connectivity index (χ3n) is 3.41. The summed E-state index contributed by atoms with van der Waals surface area (Å²) in [4.78, 5) is 7.91. The maximum atomic E-state index is 4.48. The van der Waals surface area contributed by atoms with Gasteiger partial charge in [0.1, 0.15) is 10.4 Å². The number of halogens is 1. The predicted molar refractivity (Wildman–Crippen MR) is 77.7 cm³/mol. The lowest BCUT2D eigenvalue weighted by Gasteiger charge is -2.05. The minimum Gasteiger partial charge on any atom is -0.358 e. The summed E-state index contributed by atoms with van der Waals surface area (Å²) in [5.41, 5.74) is 4.68. The van der Waals surface area contributed by atoms with Gasteiger partial charge in [-0.2, -0.15) is 0 Å². The molecular weight excluding hydrogens is 290 g/mol. The average Bonchev–Trinajstić information content (AvgIpc) is 2.77. The van der Waals surface area contributed by atoms with E-state index >= 15 is 0 Å².